The summed E-state index contributed by atoms with van der Waals surface area (Å²) in [6, 6.07) is 24.6. The van der Waals surface area contributed by atoms with E-state index in [1.54, 1.807) is 11.0 Å². The highest BCUT2D eigenvalue weighted by Crippen LogP contribution is 2.20. The summed E-state index contributed by atoms with van der Waals surface area (Å²) in [5.74, 6) is -0.272. The summed E-state index contributed by atoms with van der Waals surface area (Å²) in [6.45, 7) is 6.38. The van der Waals surface area contributed by atoms with E-state index >= 15 is 0 Å². The van der Waals surface area contributed by atoms with Crippen LogP contribution in [0, 0.1) is 6.92 Å². The molecular weight excluding hydrogens is 444 g/mol. The second kappa shape index (κ2) is 12.4. The first kappa shape index (κ1) is 25.5. The van der Waals surface area contributed by atoms with Gasteiger partial charge in [-0.25, -0.2) is 0 Å². The molecule has 0 aromatic heterocycles. The summed E-state index contributed by atoms with van der Waals surface area (Å²) in [5.41, 5.74) is 3.88. The van der Waals surface area contributed by atoms with Gasteiger partial charge >= 0.3 is 0 Å². The van der Waals surface area contributed by atoms with Gasteiger partial charge in [0.1, 0.15) is 6.04 Å². The van der Waals surface area contributed by atoms with Gasteiger partial charge in [-0.3, -0.25) is 9.59 Å². The Kier molecular flexibility index (Phi) is 9.29. The zero-order chi connectivity index (χ0) is 24.5. The third-order valence-corrected chi connectivity index (χ3v) is 6.41. The molecule has 5 heteroatoms. The maximum absolute atomic E-state index is 13.7. The van der Waals surface area contributed by atoms with E-state index in [9.17, 15) is 9.59 Å². The maximum atomic E-state index is 13.7. The topological polar surface area (TPSA) is 49.4 Å². The molecule has 2 amide bonds. The molecule has 0 saturated heterocycles. The predicted molar refractivity (Wildman–Crippen MR) is 139 cm³/mol. The number of rotatable bonds is 10. The van der Waals surface area contributed by atoms with Crippen LogP contribution in [0.25, 0.3) is 0 Å². The molecule has 2 atom stereocenters. The predicted octanol–water partition coefficient (Wildman–Crippen LogP) is 5.75. The van der Waals surface area contributed by atoms with Gasteiger partial charge in [-0.15, -0.1) is 0 Å². The minimum Gasteiger partial charge on any atom is -0.352 e. The first-order valence-electron chi connectivity index (χ1n) is 11.8. The van der Waals surface area contributed by atoms with Crippen LogP contribution in [0.4, 0.5) is 0 Å². The van der Waals surface area contributed by atoms with Gasteiger partial charge in [0.05, 0.1) is 6.42 Å². The average molecular weight is 477 g/mol. The van der Waals surface area contributed by atoms with Crippen molar-refractivity contribution in [3.63, 3.8) is 0 Å². The summed E-state index contributed by atoms with van der Waals surface area (Å²) >= 11 is 6.36. The normalized spacial score (nSPS) is 12.6. The standard InChI is InChI=1S/C29H33ClN2O2/c1-4-22(3)31-29(34)27(18-23-10-6-5-7-11-23)32(20-24-16-14-21(2)15-17-24)28(33)19-25-12-8-9-13-26(25)30/h5-17,22,27H,4,18-20H2,1-3H3,(H,31,34)/t22-,27-/m0/s1. The zero-order valence-electron chi connectivity index (χ0n) is 20.1. The van der Waals surface area contributed by atoms with Crippen LogP contribution in [0.1, 0.15) is 42.5 Å². The highest BCUT2D eigenvalue weighted by molar-refractivity contribution is 6.31. The molecule has 0 aliphatic rings. The Labute approximate surface area is 207 Å². The number of hydrogen-bond donors (Lipinski definition) is 1. The van der Waals surface area contributed by atoms with E-state index in [-0.39, 0.29) is 24.3 Å². The molecule has 3 aromatic carbocycles. The van der Waals surface area contributed by atoms with Crippen molar-refractivity contribution in [3.05, 3.63) is 106 Å². The number of nitrogens with one attached hydrogen (secondary N) is 1. The van der Waals surface area contributed by atoms with Crippen molar-refractivity contribution in [3.8, 4) is 0 Å². The lowest BCUT2D eigenvalue weighted by molar-refractivity contribution is -0.141. The number of aryl methyl sites for hydroxylation is 1. The summed E-state index contributed by atoms with van der Waals surface area (Å²) in [7, 11) is 0. The lowest BCUT2D eigenvalue weighted by atomic mass is 10.0. The van der Waals surface area contributed by atoms with Gasteiger partial charge in [0, 0.05) is 24.0 Å². The van der Waals surface area contributed by atoms with Crippen LogP contribution >= 0.6 is 11.6 Å². The SMILES string of the molecule is CC[C@H](C)NC(=O)[C@H](Cc1ccccc1)N(Cc1ccc(C)cc1)C(=O)Cc1ccccc1Cl. The Hall–Kier alpha value is -3.11. The van der Waals surface area contributed by atoms with E-state index in [1.807, 2.05) is 93.6 Å². The Bertz CT molecular complexity index is 1080. The molecule has 3 aromatic rings. The third-order valence-electron chi connectivity index (χ3n) is 6.05. The van der Waals surface area contributed by atoms with Gasteiger partial charge in [0.25, 0.3) is 0 Å². The maximum Gasteiger partial charge on any atom is 0.243 e. The van der Waals surface area contributed by atoms with E-state index in [4.69, 9.17) is 11.6 Å². The Balaban J connectivity index is 1.97. The smallest absolute Gasteiger partial charge is 0.243 e. The number of halogens is 1. The van der Waals surface area contributed by atoms with E-state index in [2.05, 4.69) is 5.32 Å². The van der Waals surface area contributed by atoms with Gasteiger partial charge < -0.3 is 10.2 Å². The number of amides is 2. The van der Waals surface area contributed by atoms with E-state index < -0.39 is 6.04 Å². The lowest BCUT2D eigenvalue weighted by Gasteiger charge is -2.32. The average Bonchev–Trinajstić information content (AvgIpc) is 2.84. The molecule has 0 heterocycles. The summed E-state index contributed by atoms with van der Waals surface area (Å²) in [6.07, 6.45) is 1.38. The molecule has 0 aliphatic carbocycles. The van der Waals surface area contributed by atoms with Crippen molar-refractivity contribution in [2.45, 2.75) is 58.7 Å². The monoisotopic (exact) mass is 476 g/mol. The third kappa shape index (κ3) is 7.19. The molecular formula is C29H33ClN2O2. The highest BCUT2D eigenvalue weighted by Gasteiger charge is 2.31. The lowest BCUT2D eigenvalue weighted by Crippen LogP contribution is -2.52. The van der Waals surface area contributed by atoms with Gasteiger partial charge in [-0.1, -0.05) is 96.9 Å². The Morgan fingerprint density at radius 2 is 1.56 bits per heavy atom. The van der Waals surface area contributed by atoms with Crippen LogP contribution in [0.2, 0.25) is 5.02 Å². The molecule has 0 aliphatic heterocycles. The molecule has 0 radical (unpaired) electrons. The second-order valence-corrected chi connectivity index (χ2v) is 9.21. The van der Waals surface area contributed by atoms with E-state index in [1.165, 1.54) is 0 Å². The fraction of sp³-hybridized carbons (Fsp3) is 0.310. The number of hydrogen-bond acceptors (Lipinski definition) is 2. The fourth-order valence-corrected chi connectivity index (χ4v) is 3.99. The quantitative estimate of drug-likeness (QED) is 0.405. The molecule has 0 fully saturated rings. The summed E-state index contributed by atoms with van der Waals surface area (Å²) in [4.78, 5) is 28.9. The largest absolute Gasteiger partial charge is 0.352 e. The van der Waals surface area contributed by atoms with Crippen LogP contribution in [-0.4, -0.2) is 28.8 Å². The van der Waals surface area contributed by atoms with Crippen molar-refractivity contribution >= 4 is 23.4 Å². The zero-order valence-corrected chi connectivity index (χ0v) is 20.9. The van der Waals surface area contributed by atoms with Crippen molar-refractivity contribution in [1.29, 1.82) is 0 Å². The second-order valence-electron chi connectivity index (χ2n) is 8.80. The molecule has 34 heavy (non-hydrogen) atoms. The van der Waals surface area contributed by atoms with Crippen LogP contribution in [0.5, 0.6) is 0 Å². The van der Waals surface area contributed by atoms with Crippen molar-refractivity contribution in [2.24, 2.45) is 0 Å². The van der Waals surface area contributed by atoms with Crippen LogP contribution in [0.3, 0.4) is 0 Å². The Morgan fingerprint density at radius 1 is 0.912 bits per heavy atom. The molecule has 0 saturated carbocycles. The van der Waals surface area contributed by atoms with Gasteiger partial charge in [0.15, 0.2) is 0 Å². The number of carbonyl (C=O) groups is 2. The molecule has 0 bridgehead atoms. The van der Waals surface area contributed by atoms with Crippen molar-refractivity contribution in [2.75, 3.05) is 0 Å². The van der Waals surface area contributed by atoms with E-state index in [0.717, 1.165) is 28.7 Å². The van der Waals surface area contributed by atoms with E-state index in [0.29, 0.717) is 18.0 Å². The molecule has 0 unspecified atom stereocenters. The van der Waals surface area contributed by atoms with Crippen molar-refractivity contribution < 1.29 is 9.59 Å². The molecule has 4 nitrogen and oxygen atoms in total. The Morgan fingerprint density at radius 3 is 2.21 bits per heavy atom. The molecule has 3 rings (SSSR count). The van der Waals surface area contributed by atoms with Gasteiger partial charge in [-0.05, 0) is 43.0 Å². The minimum absolute atomic E-state index is 0.0191. The van der Waals surface area contributed by atoms with Crippen LogP contribution < -0.4 is 5.32 Å². The minimum atomic E-state index is -0.646. The van der Waals surface area contributed by atoms with Crippen LogP contribution in [-0.2, 0) is 29.0 Å². The number of benzene rings is 3. The molecule has 0 spiro atoms. The first-order chi connectivity index (χ1) is 16.4. The summed E-state index contributed by atoms with van der Waals surface area (Å²) in [5, 5.41) is 3.65. The molecule has 178 valence electrons. The molecule has 1 N–H and O–H groups in total. The highest BCUT2D eigenvalue weighted by atomic mass is 35.5. The van der Waals surface area contributed by atoms with Gasteiger partial charge in [-0.2, -0.15) is 0 Å². The number of carbonyl (C=O) groups excluding carboxylic acids is 2. The van der Waals surface area contributed by atoms with Crippen LogP contribution in [0.15, 0.2) is 78.9 Å². The summed E-state index contributed by atoms with van der Waals surface area (Å²) < 4.78 is 0. The van der Waals surface area contributed by atoms with Gasteiger partial charge in [0.2, 0.25) is 11.8 Å². The fourth-order valence-electron chi connectivity index (χ4n) is 3.79. The van der Waals surface area contributed by atoms with Crippen molar-refractivity contribution in [1.82, 2.24) is 10.2 Å². The first-order valence-corrected chi connectivity index (χ1v) is 12.2. The number of nitrogens with zero attached hydrogens (tertiary/aromatic N) is 1.